The Bertz CT molecular complexity index is 921. The Morgan fingerprint density at radius 3 is 2.52 bits per heavy atom. The minimum atomic E-state index is -0.113. The minimum Gasteiger partial charge on any atom is -0.496 e. The Kier molecular flexibility index (Phi) is 5.54. The van der Waals surface area contributed by atoms with Crippen molar-refractivity contribution in [1.82, 2.24) is 19.9 Å². The highest BCUT2D eigenvalue weighted by atomic mass is 16.5. The van der Waals surface area contributed by atoms with Crippen molar-refractivity contribution in [2.24, 2.45) is 0 Å². The number of benzene rings is 2. The molecule has 0 unspecified atom stereocenters. The molecule has 0 N–H and O–H groups in total. The van der Waals surface area contributed by atoms with Crippen LogP contribution in [0.1, 0.15) is 29.9 Å². The molecule has 6 heteroatoms. The van der Waals surface area contributed by atoms with E-state index in [9.17, 15) is 4.79 Å². The molecular formula is C21H24N4O2. The van der Waals surface area contributed by atoms with Gasteiger partial charge in [0.05, 0.1) is 36.6 Å². The Hall–Kier alpha value is -3.15. The van der Waals surface area contributed by atoms with Gasteiger partial charge >= 0.3 is 0 Å². The standard InChI is InChI=1S/C21H24N4O2/c1-15(18-12-8-9-13-20(18)27-4)24(3)21(26)14-19-16(2)25(23-22-19)17-10-6-5-7-11-17/h5-13,15H,14H2,1-4H3/t15-/m0/s1. The van der Waals surface area contributed by atoms with Gasteiger partial charge in [0.1, 0.15) is 5.75 Å². The molecule has 3 rings (SSSR count). The second-order valence-electron chi connectivity index (χ2n) is 6.47. The molecule has 0 saturated heterocycles. The van der Waals surface area contributed by atoms with Crippen LogP contribution in [0.25, 0.3) is 5.69 Å². The number of methoxy groups -OCH3 is 1. The van der Waals surface area contributed by atoms with Crippen molar-refractivity contribution < 1.29 is 9.53 Å². The van der Waals surface area contributed by atoms with Crippen molar-refractivity contribution >= 4 is 5.91 Å². The van der Waals surface area contributed by atoms with Gasteiger partial charge in [0, 0.05) is 12.6 Å². The first-order valence-electron chi connectivity index (χ1n) is 8.88. The van der Waals surface area contributed by atoms with Crippen molar-refractivity contribution in [3.63, 3.8) is 0 Å². The fourth-order valence-electron chi connectivity index (χ4n) is 3.04. The zero-order chi connectivity index (χ0) is 19.4. The number of amides is 1. The molecule has 0 bridgehead atoms. The molecule has 6 nitrogen and oxygen atoms in total. The number of aromatic nitrogens is 3. The lowest BCUT2D eigenvalue weighted by Gasteiger charge is -2.26. The molecule has 0 aliphatic rings. The summed E-state index contributed by atoms with van der Waals surface area (Å²) in [6.45, 7) is 3.92. The predicted molar refractivity (Wildman–Crippen MR) is 104 cm³/mol. The van der Waals surface area contributed by atoms with Gasteiger partial charge in [0.25, 0.3) is 0 Å². The third-order valence-corrected chi connectivity index (χ3v) is 4.87. The van der Waals surface area contributed by atoms with E-state index in [0.29, 0.717) is 5.69 Å². The van der Waals surface area contributed by atoms with E-state index in [0.717, 1.165) is 22.7 Å². The zero-order valence-corrected chi connectivity index (χ0v) is 16.1. The molecule has 0 aliphatic carbocycles. The normalized spacial score (nSPS) is 11.9. The molecule has 3 aromatic rings. The fraction of sp³-hybridized carbons (Fsp3) is 0.286. The SMILES string of the molecule is COc1ccccc1[C@H](C)N(C)C(=O)Cc1nnn(-c2ccccc2)c1C. The van der Waals surface area contributed by atoms with Crippen molar-refractivity contribution in [2.45, 2.75) is 26.3 Å². The summed E-state index contributed by atoms with van der Waals surface area (Å²) in [7, 11) is 3.44. The first kappa shape index (κ1) is 18.6. The van der Waals surface area contributed by atoms with Crippen LogP contribution < -0.4 is 4.74 Å². The molecule has 1 heterocycles. The second kappa shape index (κ2) is 8.03. The summed E-state index contributed by atoms with van der Waals surface area (Å²) in [5.41, 5.74) is 3.45. The number of ether oxygens (including phenoxy) is 1. The number of carbonyl (C=O) groups is 1. The lowest BCUT2D eigenvalue weighted by Crippen LogP contribution is -2.31. The van der Waals surface area contributed by atoms with Crippen molar-refractivity contribution in [1.29, 1.82) is 0 Å². The van der Waals surface area contributed by atoms with Gasteiger partial charge in [-0.25, -0.2) is 4.68 Å². The molecule has 0 spiro atoms. The first-order valence-corrected chi connectivity index (χ1v) is 8.88. The van der Waals surface area contributed by atoms with Crippen molar-refractivity contribution in [3.05, 3.63) is 71.5 Å². The molecule has 2 aromatic carbocycles. The number of likely N-dealkylation sites (N-methyl/N-ethyl adjacent to an activating group) is 1. The van der Waals surface area contributed by atoms with Crippen LogP contribution >= 0.6 is 0 Å². The Morgan fingerprint density at radius 1 is 1.15 bits per heavy atom. The molecule has 0 radical (unpaired) electrons. The van der Waals surface area contributed by atoms with Gasteiger partial charge in [-0.2, -0.15) is 0 Å². The second-order valence-corrected chi connectivity index (χ2v) is 6.47. The molecule has 0 fully saturated rings. The van der Waals surface area contributed by atoms with Crippen LogP contribution in [0, 0.1) is 6.92 Å². The van der Waals surface area contributed by atoms with Gasteiger partial charge in [0.15, 0.2) is 0 Å². The number of rotatable bonds is 6. The van der Waals surface area contributed by atoms with E-state index in [2.05, 4.69) is 10.3 Å². The quantitative estimate of drug-likeness (QED) is 0.673. The van der Waals surface area contributed by atoms with Gasteiger partial charge in [-0.1, -0.05) is 41.6 Å². The van der Waals surface area contributed by atoms with E-state index in [4.69, 9.17) is 4.74 Å². The molecule has 0 aliphatic heterocycles. The summed E-state index contributed by atoms with van der Waals surface area (Å²) in [5.74, 6) is 0.757. The summed E-state index contributed by atoms with van der Waals surface area (Å²) in [4.78, 5) is 14.6. The number of carbonyl (C=O) groups excluding carboxylic acids is 1. The maximum Gasteiger partial charge on any atom is 0.228 e. The highest BCUT2D eigenvalue weighted by Gasteiger charge is 2.22. The number of para-hydroxylation sites is 2. The number of hydrogen-bond donors (Lipinski definition) is 0. The summed E-state index contributed by atoms with van der Waals surface area (Å²) >= 11 is 0. The third-order valence-electron chi connectivity index (χ3n) is 4.87. The molecule has 27 heavy (non-hydrogen) atoms. The largest absolute Gasteiger partial charge is 0.496 e. The maximum atomic E-state index is 12.8. The zero-order valence-electron chi connectivity index (χ0n) is 16.1. The number of nitrogens with zero attached hydrogens (tertiary/aromatic N) is 4. The Morgan fingerprint density at radius 2 is 1.81 bits per heavy atom. The lowest BCUT2D eigenvalue weighted by atomic mass is 10.1. The van der Waals surface area contributed by atoms with Gasteiger partial charge in [-0.15, -0.1) is 5.10 Å². The van der Waals surface area contributed by atoms with Gasteiger partial charge in [-0.3, -0.25) is 4.79 Å². The molecule has 0 saturated carbocycles. The Balaban J connectivity index is 1.76. The maximum absolute atomic E-state index is 12.8. The predicted octanol–water partition coefficient (Wildman–Crippen LogP) is 3.35. The van der Waals surface area contributed by atoms with Crippen molar-refractivity contribution in [3.8, 4) is 11.4 Å². The first-order chi connectivity index (χ1) is 13.0. The van der Waals surface area contributed by atoms with Crippen LogP contribution in [0.3, 0.4) is 0 Å². The molecule has 1 atom stereocenters. The smallest absolute Gasteiger partial charge is 0.228 e. The Labute approximate surface area is 159 Å². The topological polar surface area (TPSA) is 60.2 Å². The third kappa shape index (κ3) is 3.84. The van der Waals surface area contributed by atoms with Gasteiger partial charge in [0.2, 0.25) is 5.91 Å². The average molecular weight is 364 g/mol. The molecule has 1 amide bonds. The summed E-state index contributed by atoms with van der Waals surface area (Å²) in [5, 5.41) is 8.43. The fourth-order valence-corrected chi connectivity index (χ4v) is 3.04. The number of hydrogen-bond acceptors (Lipinski definition) is 4. The van der Waals surface area contributed by atoms with E-state index in [1.54, 1.807) is 23.7 Å². The minimum absolute atomic E-state index is 0.0170. The van der Waals surface area contributed by atoms with E-state index in [-0.39, 0.29) is 18.4 Å². The van der Waals surface area contributed by atoms with Crippen LogP contribution in [0.5, 0.6) is 5.75 Å². The van der Waals surface area contributed by atoms with Crippen LogP contribution in [-0.4, -0.2) is 40.0 Å². The van der Waals surface area contributed by atoms with Gasteiger partial charge < -0.3 is 9.64 Å². The van der Waals surface area contributed by atoms with Gasteiger partial charge in [-0.05, 0) is 32.0 Å². The molecule has 140 valence electrons. The van der Waals surface area contributed by atoms with Crippen LogP contribution in [-0.2, 0) is 11.2 Å². The van der Waals surface area contributed by atoms with E-state index >= 15 is 0 Å². The van der Waals surface area contributed by atoms with Crippen LogP contribution in [0.15, 0.2) is 54.6 Å². The molecular weight excluding hydrogens is 340 g/mol. The van der Waals surface area contributed by atoms with E-state index < -0.39 is 0 Å². The van der Waals surface area contributed by atoms with E-state index in [1.807, 2.05) is 68.4 Å². The summed E-state index contributed by atoms with van der Waals surface area (Å²) in [6, 6.07) is 17.4. The lowest BCUT2D eigenvalue weighted by molar-refractivity contribution is -0.131. The monoisotopic (exact) mass is 364 g/mol. The molecule has 1 aromatic heterocycles. The average Bonchev–Trinajstić information content (AvgIpc) is 3.07. The van der Waals surface area contributed by atoms with Crippen LogP contribution in [0.2, 0.25) is 0 Å². The summed E-state index contributed by atoms with van der Waals surface area (Å²) < 4.78 is 7.18. The van der Waals surface area contributed by atoms with Crippen LogP contribution in [0.4, 0.5) is 0 Å². The highest BCUT2D eigenvalue weighted by molar-refractivity contribution is 5.79. The highest BCUT2D eigenvalue weighted by Crippen LogP contribution is 2.28. The summed E-state index contributed by atoms with van der Waals surface area (Å²) in [6.07, 6.45) is 0.203. The van der Waals surface area contributed by atoms with E-state index in [1.165, 1.54) is 0 Å². The van der Waals surface area contributed by atoms with Crippen molar-refractivity contribution in [2.75, 3.05) is 14.2 Å².